The molecule has 1 amide bonds. The maximum Gasteiger partial charge on any atom is 0.220 e. The predicted octanol–water partition coefficient (Wildman–Crippen LogP) is 1.19. The average molecular weight is 228 g/mol. The van der Waals surface area contributed by atoms with Crippen molar-refractivity contribution in [3.05, 3.63) is 0 Å². The van der Waals surface area contributed by atoms with Crippen molar-refractivity contribution >= 4 is 5.91 Å². The van der Waals surface area contributed by atoms with Crippen LogP contribution in [0.2, 0.25) is 0 Å². The van der Waals surface area contributed by atoms with Gasteiger partial charge in [-0.25, -0.2) is 0 Å². The van der Waals surface area contributed by atoms with E-state index >= 15 is 0 Å². The van der Waals surface area contributed by atoms with E-state index in [-0.39, 0.29) is 12.0 Å². The molecule has 0 spiro atoms. The van der Waals surface area contributed by atoms with Crippen LogP contribution in [0.4, 0.5) is 0 Å². The Balaban J connectivity index is 2.08. The van der Waals surface area contributed by atoms with Gasteiger partial charge in [-0.05, 0) is 39.2 Å². The highest BCUT2D eigenvalue weighted by Crippen LogP contribution is 2.13. The van der Waals surface area contributed by atoms with Crippen molar-refractivity contribution in [1.82, 2.24) is 5.32 Å². The zero-order chi connectivity index (χ0) is 11.8. The fourth-order valence-corrected chi connectivity index (χ4v) is 2.04. The third kappa shape index (κ3) is 5.47. The van der Waals surface area contributed by atoms with Crippen molar-refractivity contribution in [3.63, 3.8) is 0 Å². The molecule has 1 aliphatic heterocycles. The van der Waals surface area contributed by atoms with Crippen molar-refractivity contribution in [2.24, 2.45) is 5.73 Å². The van der Waals surface area contributed by atoms with Crippen LogP contribution in [0.5, 0.6) is 0 Å². The van der Waals surface area contributed by atoms with Gasteiger partial charge in [0.2, 0.25) is 5.91 Å². The number of hydrogen-bond acceptors (Lipinski definition) is 3. The number of nitrogens with two attached hydrogens (primary N) is 1. The molecule has 0 aromatic heterocycles. The van der Waals surface area contributed by atoms with Crippen LogP contribution in [0.3, 0.4) is 0 Å². The molecule has 0 aliphatic carbocycles. The second kappa shape index (κ2) is 7.63. The largest absolute Gasteiger partial charge is 0.378 e. The second-order valence-corrected chi connectivity index (χ2v) is 4.57. The first-order valence-corrected chi connectivity index (χ1v) is 6.33. The summed E-state index contributed by atoms with van der Waals surface area (Å²) in [6.45, 7) is 3.54. The molecule has 1 aliphatic rings. The standard InChI is InChI=1S/C12H24N2O2/c1-10-9-11(6-8-16-10)14-12(15)5-3-2-4-7-13/h10-11H,2-9,13H2,1H3,(H,14,15). The van der Waals surface area contributed by atoms with Crippen LogP contribution in [0, 0.1) is 0 Å². The first-order valence-electron chi connectivity index (χ1n) is 6.33. The molecule has 4 nitrogen and oxygen atoms in total. The van der Waals surface area contributed by atoms with Crippen LogP contribution in [0.1, 0.15) is 45.4 Å². The molecular formula is C12H24N2O2. The molecule has 3 N–H and O–H groups in total. The van der Waals surface area contributed by atoms with Crippen molar-refractivity contribution in [1.29, 1.82) is 0 Å². The molecule has 2 atom stereocenters. The highest BCUT2D eigenvalue weighted by molar-refractivity contribution is 5.76. The lowest BCUT2D eigenvalue weighted by Crippen LogP contribution is -2.41. The van der Waals surface area contributed by atoms with Crippen LogP contribution in [0.25, 0.3) is 0 Å². The lowest BCUT2D eigenvalue weighted by Gasteiger charge is -2.27. The minimum Gasteiger partial charge on any atom is -0.378 e. The molecule has 1 rings (SSSR count). The summed E-state index contributed by atoms with van der Waals surface area (Å²) < 4.78 is 5.44. The first kappa shape index (κ1) is 13.5. The van der Waals surface area contributed by atoms with E-state index in [2.05, 4.69) is 12.2 Å². The van der Waals surface area contributed by atoms with Crippen molar-refractivity contribution in [3.8, 4) is 0 Å². The summed E-state index contributed by atoms with van der Waals surface area (Å²) in [6, 6.07) is 0.311. The van der Waals surface area contributed by atoms with Gasteiger partial charge in [-0.2, -0.15) is 0 Å². The molecule has 1 heterocycles. The van der Waals surface area contributed by atoms with Crippen molar-refractivity contribution in [2.45, 2.75) is 57.6 Å². The van der Waals surface area contributed by atoms with E-state index < -0.39 is 0 Å². The Morgan fingerprint density at radius 1 is 1.44 bits per heavy atom. The molecule has 0 aromatic rings. The predicted molar refractivity (Wildman–Crippen MR) is 64.1 cm³/mol. The molecule has 0 radical (unpaired) electrons. The van der Waals surface area contributed by atoms with E-state index in [0.717, 1.165) is 45.3 Å². The highest BCUT2D eigenvalue weighted by Gasteiger charge is 2.20. The Morgan fingerprint density at radius 3 is 2.94 bits per heavy atom. The van der Waals surface area contributed by atoms with Gasteiger partial charge in [-0.15, -0.1) is 0 Å². The number of nitrogens with one attached hydrogen (secondary N) is 1. The fraction of sp³-hybridized carbons (Fsp3) is 0.917. The molecule has 1 saturated heterocycles. The lowest BCUT2D eigenvalue weighted by atomic mass is 10.0. The number of rotatable bonds is 6. The number of carbonyl (C=O) groups is 1. The molecule has 4 heteroatoms. The normalized spacial score (nSPS) is 25.4. The SMILES string of the molecule is CC1CC(NC(=O)CCCCCN)CCO1. The molecular weight excluding hydrogens is 204 g/mol. The second-order valence-electron chi connectivity index (χ2n) is 4.57. The topological polar surface area (TPSA) is 64.4 Å². The summed E-state index contributed by atoms with van der Waals surface area (Å²) >= 11 is 0. The van der Waals surface area contributed by atoms with Crippen molar-refractivity contribution in [2.75, 3.05) is 13.2 Å². The number of hydrogen-bond donors (Lipinski definition) is 2. The van der Waals surface area contributed by atoms with Gasteiger partial charge in [0.15, 0.2) is 0 Å². The molecule has 1 fully saturated rings. The van der Waals surface area contributed by atoms with Crippen LogP contribution >= 0.6 is 0 Å². The van der Waals surface area contributed by atoms with Gasteiger partial charge in [0.05, 0.1) is 6.10 Å². The van der Waals surface area contributed by atoms with Gasteiger partial charge in [0.25, 0.3) is 0 Å². The molecule has 16 heavy (non-hydrogen) atoms. The van der Waals surface area contributed by atoms with Gasteiger partial charge >= 0.3 is 0 Å². The Bertz CT molecular complexity index is 209. The van der Waals surface area contributed by atoms with Gasteiger partial charge in [-0.3, -0.25) is 4.79 Å². The van der Waals surface area contributed by atoms with E-state index in [4.69, 9.17) is 10.5 Å². The number of unbranched alkanes of at least 4 members (excludes halogenated alkanes) is 2. The van der Waals surface area contributed by atoms with Crippen LogP contribution in [0.15, 0.2) is 0 Å². The maximum atomic E-state index is 11.6. The van der Waals surface area contributed by atoms with E-state index in [1.807, 2.05) is 0 Å². The van der Waals surface area contributed by atoms with Gasteiger partial charge in [0, 0.05) is 19.1 Å². The monoisotopic (exact) mass is 228 g/mol. The molecule has 0 bridgehead atoms. The number of carbonyl (C=O) groups excluding carboxylic acids is 1. The average Bonchev–Trinajstić information content (AvgIpc) is 2.24. The van der Waals surface area contributed by atoms with Gasteiger partial charge in [0.1, 0.15) is 0 Å². The molecule has 94 valence electrons. The Labute approximate surface area is 97.9 Å². The number of ether oxygens (including phenoxy) is 1. The fourth-order valence-electron chi connectivity index (χ4n) is 2.04. The summed E-state index contributed by atoms with van der Waals surface area (Å²) in [7, 11) is 0. The van der Waals surface area contributed by atoms with Crippen molar-refractivity contribution < 1.29 is 9.53 Å². The quantitative estimate of drug-likeness (QED) is 0.671. The minimum absolute atomic E-state index is 0.177. The zero-order valence-corrected chi connectivity index (χ0v) is 10.2. The molecule has 0 saturated carbocycles. The van der Waals surface area contributed by atoms with Gasteiger partial charge < -0.3 is 15.8 Å². The summed E-state index contributed by atoms with van der Waals surface area (Å²) in [5, 5.41) is 3.08. The van der Waals surface area contributed by atoms with Crippen LogP contribution in [-0.2, 0) is 9.53 Å². The van der Waals surface area contributed by atoms with E-state index in [1.165, 1.54) is 0 Å². The number of amides is 1. The van der Waals surface area contributed by atoms with E-state index in [0.29, 0.717) is 12.5 Å². The van der Waals surface area contributed by atoms with Gasteiger partial charge in [-0.1, -0.05) is 6.42 Å². The smallest absolute Gasteiger partial charge is 0.220 e. The Morgan fingerprint density at radius 2 is 2.25 bits per heavy atom. The Kier molecular flexibility index (Phi) is 6.42. The summed E-state index contributed by atoms with van der Waals surface area (Å²) in [5.41, 5.74) is 5.40. The third-order valence-corrected chi connectivity index (χ3v) is 2.96. The third-order valence-electron chi connectivity index (χ3n) is 2.96. The van der Waals surface area contributed by atoms with Crippen LogP contribution in [-0.4, -0.2) is 31.2 Å². The molecule has 2 unspecified atom stereocenters. The summed E-state index contributed by atoms with van der Waals surface area (Å²) in [6.07, 6.45) is 5.80. The lowest BCUT2D eigenvalue weighted by molar-refractivity contribution is -0.122. The first-order chi connectivity index (χ1) is 7.72. The Hall–Kier alpha value is -0.610. The summed E-state index contributed by atoms with van der Waals surface area (Å²) in [4.78, 5) is 11.6. The van der Waals surface area contributed by atoms with Crippen LogP contribution < -0.4 is 11.1 Å². The van der Waals surface area contributed by atoms with E-state index in [9.17, 15) is 4.79 Å². The minimum atomic E-state index is 0.177. The van der Waals surface area contributed by atoms with E-state index in [1.54, 1.807) is 0 Å². The highest BCUT2D eigenvalue weighted by atomic mass is 16.5. The summed E-state index contributed by atoms with van der Waals surface area (Å²) in [5.74, 6) is 0.177. The molecule has 0 aromatic carbocycles. The zero-order valence-electron chi connectivity index (χ0n) is 10.2. The maximum absolute atomic E-state index is 11.6.